The van der Waals surface area contributed by atoms with Crippen molar-refractivity contribution >= 4 is 33.0 Å². The fourth-order valence-electron chi connectivity index (χ4n) is 2.11. The third kappa shape index (κ3) is 3.70. The second-order valence-electron chi connectivity index (χ2n) is 4.72. The molecular formula is C12H13ClN2O5S. The first-order valence-corrected chi connectivity index (χ1v) is 8.44. The molecule has 21 heavy (non-hydrogen) atoms. The van der Waals surface area contributed by atoms with Crippen LogP contribution in [0.3, 0.4) is 0 Å². The van der Waals surface area contributed by atoms with Crippen molar-refractivity contribution < 1.29 is 18.1 Å². The summed E-state index contributed by atoms with van der Waals surface area (Å²) in [5.41, 5.74) is -0.213. The molecular weight excluding hydrogens is 320 g/mol. The molecule has 9 heteroatoms. The molecule has 1 aromatic carbocycles. The van der Waals surface area contributed by atoms with Crippen LogP contribution in [0, 0.1) is 10.1 Å². The summed E-state index contributed by atoms with van der Waals surface area (Å²) in [5.74, 6) is -0.460. The Bertz CT molecular complexity index is 689. The van der Waals surface area contributed by atoms with Gasteiger partial charge in [-0.25, -0.2) is 8.42 Å². The van der Waals surface area contributed by atoms with Crippen LogP contribution in [0.1, 0.15) is 16.8 Å². The van der Waals surface area contributed by atoms with Crippen LogP contribution in [0.2, 0.25) is 5.02 Å². The highest BCUT2D eigenvalue weighted by Crippen LogP contribution is 2.25. The van der Waals surface area contributed by atoms with E-state index in [0.717, 1.165) is 6.07 Å². The molecule has 0 N–H and O–H groups in total. The molecule has 0 atom stereocenters. The lowest BCUT2D eigenvalue weighted by Gasteiger charge is -2.19. The molecule has 0 unspecified atom stereocenters. The van der Waals surface area contributed by atoms with E-state index in [1.165, 1.54) is 17.0 Å². The van der Waals surface area contributed by atoms with Crippen molar-refractivity contribution in [2.24, 2.45) is 0 Å². The maximum atomic E-state index is 12.3. The lowest BCUT2D eigenvalue weighted by Crippen LogP contribution is -2.33. The Hall–Kier alpha value is -1.67. The lowest BCUT2D eigenvalue weighted by atomic mass is 10.1. The second-order valence-corrected chi connectivity index (χ2v) is 7.43. The Labute approximate surface area is 126 Å². The number of rotatable bonds is 2. The second kappa shape index (κ2) is 5.98. The molecule has 0 aromatic heterocycles. The van der Waals surface area contributed by atoms with Crippen LogP contribution in [0.25, 0.3) is 0 Å². The van der Waals surface area contributed by atoms with Gasteiger partial charge in [0.2, 0.25) is 0 Å². The van der Waals surface area contributed by atoms with Gasteiger partial charge in [-0.15, -0.1) is 0 Å². The van der Waals surface area contributed by atoms with Crippen molar-refractivity contribution in [1.29, 1.82) is 0 Å². The number of amides is 1. The first kappa shape index (κ1) is 15.7. The quantitative estimate of drug-likeness (QED) is 0.604. The number of nitro benzene ring substituents is 1. The van der Waals surface area contributed by atoms with E-state index >= 15 is 0 Å². The molecule has 1 saturated heterocycles. The summed E-state index contributed by atoms with van der Waals surface area (Å²) in [6, 6.07) is 3.81. The van der Waals surface area contributed by atoms with Crippen LogP contribution in [0.15, 0.2) is 18.2 Å². The SMILES string of the molecule is O=C(c1ccc(Cl)c([N+](=O)[O-])c1)N1CCCS(=O)(=O)CC1. The molecule has 1 aliphatic heterocycles. The molecule has 7 nitrogen and oxygen atoms in total. The summed E-state index contributed by atoms with van der Waals surface area (Å²) in [4.78, 5) is 23.9. The van der Waals surface area contributed by atoms with E-state index in [2.05, 4.69) is 0 Å². The van der Waals surface area contributed by atoms with Crippen LogP contribution in [-0.4, -0.2) is 48.7 Å². The van der Waals surface area contributed by atoms with Gasteiger partial charge in [0.1, 0.15) is 5.02 Å². The molecule has 1 fully saturated rings. The number of carbonyl (C=O) groups is 1. The van der Waals surface area contributed by atoms with Gasteiger partial charge < -0.3 is 4.90 Å². The Balaban J connectivity index is 2.24. The molecule has 0 bridgehead atoms. The maximum absolute atomic E-state index is 12.3. The fourth-order valence-corrected chi connectivity index (χ4v) is 3.57. The molecule has 2 rings (SSSR count). The highest BCUT2D eigenvalue weighted by Gasteiger charge is 2.25. The fraction of sp³-hybridized carbons (Fsp3) is 0.417. The minimum atomic E-state index is -3.12. The van der Waals surface area contributed by atoms with Gasteiger partial charge in [0.15, 0.2) is 9.84 Å². The minimum Gasteiger partial charge on any atom is -0.338 e. The summed E-state index contributed by atoms with van der Waals surface area (Å²) >= 11 is 5.70. The van der Waals surface area contributed by atoms with Gasteiger partial charge >= 0.3 is 0 Å². The van der Waals surface area contributed by atoms with E-state index in [0.29, 0.717) is 13.0 Å². The zero-order chi connectivity index (χ0) is 15.6. The molecule has 1 aromatic rings. The van der Waals surface area contributed by atoms with Crippen molar-refractivity contribution in [3.8, 4) is 0 Å². The van der Waals surface area contributed by atoms with Gasteiger partial charge in [-0.1, -0.05) is 11.6 Å². The average Bonchev–Trinajstić information content (AvgIpc) is 2.59. The number of carbonyl (C=O) groups excluding carboxylic acids is 1. The highest BCUT2D eigenvalue weighted by atomic mass is 35.5. The zero-order valence-corrected chi connectivity index (χ0v) is 12.6. The number of nitrogens with zero attached hydrogens (tertiary/aromatic N) is 2. The predicted molar refractivity (Wildman–Crippen MR) is 77.3 cm³/mol. The van der Waals surface area contributed by atoms with E-state index in [1.54, 1.807) is 0 Å². The van der Waals surface area contributed by atoms with Crippen LogP contribution < -0.4 is 0 Å². The molecule has 114 valence electrons. The number of sulfone groups is 1. The third-order valence-corrected chi connectivity index (χ3v) is 5.27. The van der Waals surface area contributed by atoms with Gasteiger partial charge in [0.25, 0.3) is 11.6 Å². The Morgan fingerprint density at radius 2 is 2.00 bits per heavy atom. The number of benzene rings is 1. The summed E-state index contributed by atoms with van der Waals surface area (Å²) in [7, 11) is -3.12. The summed E-state index contributed by atoms with van der Waals surface area (Å²) in [6.45, 7) is 0.409. The summed E-state index contributed by atoms with van der Waals surface area (Å²) in [5, 5.41) is 10.8. The number of hydrogen-bond acceptors (Lipinski definition) is 5. The first-order chi connectivity index (χ1) is 9.80. The molecule has 0 spiro atoms. The Morgan fingerprint density at radius 1 is 1.29 bits per heavy atom. The molecule has 1 amide bonds. The average molecular weight is 333 g/mol. The Kier molecular flexibility index (Phi) is 4.48. The van der Waals surface area contributed by atoms with Gasteiger partial charge in [0, 0.05) is 24.7 Å². The van der Waals surface area contributed by atoms with E-state index in [4.69, 9.17) is 11.6 Å². The highest BCUT2D eigenvalue weighted by molar-refractivity contribution is 7.91. The lowest BCUT2D eigenvalue weighted by molar-refractivity contribution is -0.384. The van der Waals surface area contributed by atoms with Crippen molar-refractivity contribution in [3.05, 3.63) is 38.9 Å². The topological polar surface area (TPSA) is 97.6 Å². The number of hydrogen-bond donors (Lipinski definition) is 0. The molecule has 0 saturated carbocycles. The zero-order valence-electron chi connectivity index (χ0n) is 11.0. The summed E-state index contributed by atoms with van der Waals surface area (Å²) < 4.78 is 23.0. The number of nitro groups is 1. The van der Waals surface area contributed by atoms with Gasteiger partial charge in [0.05, 0.1) is 16.4 Å². The van der Waals surface area contributed by atoms with E-state index in [9.17, 15) is 23.3 Å². The van der Waals surface area contributed by atoms with Crippen molar-refractivity contribution in [1.82, 2.24) is 4.90 Å². The van der Waals surface area contributed by atoms with Crippen LogP contribution >= 0.6 is 11.6 Å². The summed E-state index contributed by atoms with van der Waals surface area (Å²) in [6.07, 6.45) is 0.365. The van der Waals surface area contributed by atoms with Crippen LogP contribution in [-0.2, 0) is 9.84 Å². The van der Waals surface area contributed by atoms with Crippen molar-refractivity contribution in [3.63, 3.8) is 0 Å². The number of halogens is 1. The monoisotopic (exact) mass is 332 g/mol. The van der Waals surface area contributed by atoms with Crippen LogP contribution in [0.5, 0.6) is 0 Å². The standard InChI is InChI=1S/C12H13ClN2O5S/c13-10-3-2-9(8-11(10)15(17)18)12(16)14-4-1-6-21(19,20)7-5-14/h2-3,8H,1,4-7H2. The van der Waals surface area contributed by atoms with Crippen LogP contribution in [0.4, 0.5) is 5.69 Å². The van der Waals surface area contributed by atoms with Gasteiger partial charge in [-0.2, -0.15) is 0 Å². The third-order valence-electron chi connectivity index (χ3n) is 3.23. The Morgan fingerprint density at radius 3 is 2.67 bits per heavy atom. The minimum absolute atomic E-state index is 0.0463. The smallest absolute Gasteiger partial charge is 0.288 e. The van der Waals surface area contributed by atoms with E-state index < -0.39 is 20.7 Å². The van der Waals surface area contributed by atoms with Crippen molar-refractivity contribution in [2.75, 3.05) is 24.6 Å². The van der Waals surface area contributed by atoms with E-state index in [-0.39, 0.29) is 34.3 Å². The normalized spacial score (nSPS) is 18.0. The van der Waals surface area contributed by atoms with Gasteiger partial charge in [-0.05, 0) is 18.6 Å². The molecule has 1 heterocycles. The molecule has 0 aliphatic carbocycles. The molecule has 0 radical (unpaired) electrons. The van der Waals surface area contributed by atoms with E-state index in [1.807, 2.05) is 0 Å². The predicted octanol–water partition coefficient (Wildman–Crippen LogP) is 1.51. The first-order valence-electron chi connectivity index (χ1n) is 6.24. The van der Waals surface area contributed by atoms with Crippen molar-refractivity contribution in [2.45, 2.75) is 6.42 Å². The largest absolute Gasteiger partial charge is 0.338 e. The van der Waals surface area contributed by atoms with Gasteiger partial charge in [-0.3, -0.25) is 14.9 Å². The maximum Gasteiger partial charge on any atom is 0.288 e. The molecule has 1 aliphatic rings.